The van der Waals surface area contributed by atoms with Crippen LogP contribution in [0.15, 0.2) is 29.0 Å². The average Bonchev–Trinajstić information content (AvgIpc) is 2.88. The van der Waals surface area contributed by atoms with Gasteiger partial charge in [0.15, 0.2) is 0 Å². The van der Waals surface area contributed by atoms with E-state index in [2.05, 4.69) is 31.2 Å². The van der Waals surface area contributed by atoms with Crippen LogP contribution in [0, 0.1) is 6.92 Å². The summed E-state index contributed by atoms with van der Waals surface area (Å²) < 4.78 is 0.821. The second-order valence-electron chi connectivity index (χ2n) is 4.13. The number of aromatic nitrogens is 2. The zero-order valence-corrected chi connectivity index (χ0v) is 12.7. The van der Waals surface area contributed by atoms with E-state index >= 15 is 0 Å². The lowest BCUT2D eigenvalue weighted by Gasteiger charge is -2.07. The number of carbonyl (C=O) groups is 1. The number of benzene rings is 1. The number of rotatable bonds is 4. The molecule has 1 amide bonds. The van der Waals surface area contributed by atoms with Crippen molar-refractivity contribution in [3.8, 4) is 0 Å². The number of carbonyl (C=O) groups excluding carboxylic acids is 1. The maximum absolute atomic E-state index is 12.0. The van der Waals surface area contributed by atoms with Crippen molar-refractivity contribution in [2.45, 2.75) is 13.3 Å². The monoisotopic (exact) mass is 341 g/mol. The molecule has 0 aliphatic carbocycles. The van der Waals surface area contributed by atoms with E-state index < -0.39 is 0 Å². The maximum atomic E-state index is 12.0. The number of H-pyrrole nitrogens is 1. The third kappa shape index (κ3) is 3.58. The molecule has 2 aromatic rings. The van der Waals surface area contributed by atoms with Gasteiger partial charge in [0.2, 0.25) is 0 Å². The molecular formula is C13H13BrClN3O. The molecule has 0 saturated carbocycles. The lowest BCUT2D eigenvalue weighted by Crippen LogP contribution is -2.26. The van der Waals surface area contributed by atoms with Crippen molar-refractivity contribution < 1.29 is 4.79 Å². The zero-order chi connectivity index (χ0) is 13.8. The summed E-state index contributed by atoms with van der Waals surface area (Å²) in [6.45, 7) is 2.43. The predicted octanol–water partition coefficient (Wildman–Crippen LogP) is 3.11. The van der Waals surface area contributed by atoms with Crippen molar-refractivity contribution in [1.82, 2.24) is 15.3 Å². The smallest absolute Gasteiger partial charge is 0.251 e. The highest BCUT2D eigenvalue weighted by atomic mass is 79.9. The largest absolute Gasteiger partial charge is 0.352 e. The highest BCUT2D eigenvalue weighted by Gasteiger charge is 2.10. The number of hydrogen-bond donors (Lipinski definition) is 2. The summed E-state index contributed by atoms with van der Waals surface area (Å²) in [6, 6.07) is 3.46. The Balaban J connectivity index is 1.96. The second-order valence-corrected chi connectivity index (χ2v) is 5.33. The molecule has 0 unspecified atom stereocenters. The molecule has 4 nitrogen and oxygen atoms in total. The van der Waals surface area contributed by atoms with Gasteiger partial charge in [0.1, 0.15) is 5.82 Å². The summed E-state index contributed by atoms with van der Waals surface area (Å²) in [5.74, 6) is 0.717. The number of nitrogens with zero attached hydrogens (tertiary/aromatic N) is 1. The molecule has 1 heterocycles. The molecule has 0 spiro atoms. The first-order valence-electron chi connectivity index (χ1n) is 5.80. The van der Waals surface area contributed by atoms with Gasteiger partial charge in [-0.1, -0.05) is 11.6 Å². The molecule has 0 aliphatic heterocycles. The molecule has 1 aromatic heterocycles. The van der Waals surface area contributed by atoms with E-state index in [-0.39, 0.29) is 5.91 Å². The Kier molecular flexibility index (Phi) is 4.61. The van der Waals surface area contributed by atoms with E-state index in [1.54, 1.807) is 24.5 Å². The second kappa shape index (κ2) is 6.21. The summed E-state index contributed by atoms with van der Waals surface area (Å²) in [5.41, 5.74) is 1.49. The number of amides is 1. The van der Waals surface area contributed by atoms with Crippen molar-refractivity contribution >= 4 is 33.4 Å². The summed E-state index contributed by atoms with van der Waals surface area (Å²) >= 11 is 9.40. The first kappa shape index (κ1) is 14.1. The number of imidazole rings is 1. The van der Waals surface area contributed by atoms with E-state index in [1.165, 1.54) is 0 Å². The summed E-state index contributed by atoms with van der Waals surface area (Å²) in [7, 11) is 0. The van der Waals surface area contributed by atoms with E-state index in [9.17, 15) is 4.79 Å². The SMILES string of the molecule is Cc1cc(C(=O)NCCc2ncc[nH]2)cc(Cl)c1Br. The van der Waals surface area contributed by atoms with E-state index in [1.807, 2.05) is 6.92 Å². The van der Waals surface area contributed by atoms with Gasteiger partial charge in [-0.2, -0.15) is 0 Å². The van der Waals surface area contributed by atoms with Crippen LogP contribution in [0.5, 0.6) is 0 Å². The van der Waals surface area contributed by atoms with Gasteiger partial charge in [0.25, 0.3) is 5.91 Å². The minimum atomic E-state index is -0.135. The number of hydrogen-bond acceptors (Lipinski definition) is 2. The summed E-state index contributed by atoms with van der Waals surface area (Å²) in [5, 5.41) is 3.38. The topological polar surface area (TPSA) is 57.8 Å². The van der Waals surface area contributed by atoms with Gasteiger partial charge >= 0.3 is 0 Å². The summed E-state index contributed by atoms with van der Waals surface area (Å²) in [6.07, 6.45) is 4.12. The van der Waals surface area contributed by atoms with Crippen molar-refractivity contribution in [2.75, 3.05) is 6.54 Å². The van der Waals surface area contributed by atoms with E-state index in [0.29, 0.717) is 23.6 Å². The number of nitrogens with one attached hydrogen (secondary N) is 2. The van der Waals surface area contributed by atoms with E-state index in [4.69, 9.17) is 11.6 Å². The van der Waals surface area contributed by atoms with Crippen LogP contribution in [-0.4, -0.2) is 22.4 Å². The van der Waals surface area contributed by atoms with Gasteiger partial charge in [0.05, 0.1) is 5.02 Å². The van der Waals surface area contributed by atoms with Crippen LogP contribution in [-0.2, 0) is 6.42 Å². The lowest BCUT2D eigenvalue weighted by atomic mass is 10.1. The molecule has 0 saturated heterocycles. The summed E-state index contributed by atoms with van der Waals surface area (Å²) in [4.78, 5) is 19.1. The standard InChI is InChI=1S/C13H13BrClN3O/c1-8-6-9(7-10(15)12(8)14)13(19)18-3-2-11-16-4-5-17-11/h4-7H,2-3H2,1H3,(H,16,17)(H,18,19). The highest BCUT2D eigenvalue weighted by molar-refractivity contribution is 9.10. The van der Waals surface area contributed by atoms with Crippen molar-refractivity contribution in [1.29, 1.82) is 0 Å². The van der Waals surface area contributed by atoms with Crippen molar-refractivity contribution in [3.63, 3.8) is 0 Å². The molecule has 0 atom stereocenters. The number of aromatic amines is 1. The van der Waals surface area contributed by atoms with Crippen LogP contribution in [0.3, 0.4) is 0 Å². The van der Waals surface area contributed by atoms with Gasteiger partial charge in [-0.05, 0) is 40.5 Å². The van der Waals surface area contributed by atoms with Crippen LogP contribution >= 0.6 is 27.5 Å². The molecule has 100 valence electrons. The number of halogens is 2. The molecule has 19 heavy (non-hydrogen) atoms. The molecule has 1 aromatic carbocycles. The van der Waals surface area contributed by atoms with Gasteiger partial charge in [0, 0.05) is 35.4 Å². The molecule has 0 bridgehead atoms. The molecule has 0 aliphatic rings. The number of aryl methyl sites for hydroxylation is 1. The maximum Gasteiger partial charge on any atom is 0.251 e. The molecule has 0 radical (unpaired) electrons. The fourth-order valence-electron chi connectivity index (χ4n) is 1.69. The highest BCUT2D eigenvalue weighted by Crippen LogP contribution is 2.27. The van der Waals surface area contributed by atoms with Crippen molar-refractivity contribution in [2.24, 2.45) is 0 Å². The Labute approximate surface area is 124 Å². The zero-order valence-electron chi connectivity index (χ0n) is 10.3. The lowest BCUT2D eigenvalue weighted by molar-refractivity contribution is 0.0954. The van der Waals surface area contributed by atoms with Gasteiger partial charge < -0.3 is 10.3 Å². The Morgan fingerprint density at radius 3 is 2.95 bits per heavy atom. The van der Waals surface area contributed by atoms with E-state index in [0.717, 1.165) is 15.9 Å². The van der Waals surface area contributed by atoms with Gasteiger partial charge in [-0.15, -0.1) is 0 Å². The third-order valence-corrected chi connectivity index (χ3v) is 4.25. The minimum Gasteiger partial charge on any atom is -0.352 e. The first-order chi connectivity index (χ1) is 9.08. The Bertz CT molecular complexity index is 561. The van der Waals surface area contributed by atoms with Crippen LogP contribution in [0.2, 0.25) is 5.02 Å². The fourth-order valence-corrected chi connectivity index (χ4v) is 2.18. The van der Waals surface area contributed by atoms with Crippen molar-refractivity contribution in [3.05, 3.63) is 51.0 Å². The molecule has 0 fully saturated rings. The Morgan fingerprint density at radius 1 is 1.53 bits per heavy atom. The Hall–Kier alpha value is -1.33. The van der Waals surface area contributed by atoms with Crippen LogP contribution in [0.4, 0.5) is 0 Å². The molecule has 6 heteroatoms. The van der Waals surface area contributed by atoms with Crippen LogP contribution in [0.25, 0.3) is 0 Å². The quantitative estimate of drug-likeness (QED) is 0.897. The predicted molar refractivity (Wildman–Crippen MR) is 78.5 cm³/mol. The van der Waals surface area contributed by atoms with Crippen LogP contribution < -0.4 is 5.32 Å². The van der Waals surface area contributed by atoms with Gasteiger partial charge in [-0.25, -0.2) is 4.98 Å². The molecule has 2 rings (SSSR count). The third-order valence-electron chi connectivity index (χ3n) is 2.67. The fraction of sp³-hybridized carbons (Fsp3) is 0.231. The molecule has 2 N–H and O–H groups in total. The van der Waals surface area contributed by atoms with Crippen LogP contribution in [0.1, 0.15) is 21.7 Å². The Morgan fingerprint density at radius 2 is 2.32 bits per heavy atom. The molecular weight excluding hydrogens is 330 g/mol. The minimum absolute atomic E-state index is 0.135. The van der Waals surface area contributed by atoms with Gasteiger partial charge in [-0.3, -0.25) is 4.79 Å². The normalized spacial score (nSPS) is 10.5. The first-order valence-corrected chi connectivity index (χ1v) is 6.97. The average molecular weight is 343 g/mol.